The van der Waals surface area contributed by atoms with Gasteiger partial charge in [0.05, 0.1) is 6.54 Å². The lowest BCUT2D eigenvalue weighted by molar-refractivity contribution is -0.121. The molecule has 0 aliphatic rings. The van der Waals surface area contributed by atoms with Crippen LogP contribution in [0.2, 0.25) is 0 Å². The Balaban J connectivity index is 1.89. The number of H-pyrrole nitrogens is 1. The molecule has 0 saturated carbocycles. The zero-order valence-corrected chi connectivity index (χ0v) is 11.5. The molecule has 0 bridgehead atoms. The molecule has 0 unspecified atom stereocenters. The average Bonchev–Trinajstić information content (AvgIpc) is 2.88. The Morgan fingerprint density at radius 3 is 2.90 bits per heavy atom. The van der Waals surface area contributed by atoms with Crippen molar-refractivity contribution in [3.63, 3.8) is 0 Å². The summed E-state index contributed by atoms with van der Waals surface area (Å²) >= 11 is 0. The van der Waals surface area contributed by atoms with Gasteiger partial charge < -0.3 is 10.3 Å². The summed E-state index contributed by atoms with van der Waals surface area (Å²) in [6.07, 6.45) is 3.28. The lowest BCUT2D eigenvalue weighted by Gasteiger charge is -2.08. The molecule has 0 radical (unpaired) electrons. The molecule has 106 valence electrons. The van der Waals surface area contributed by atoms with Crippen LogP contribution in [0.1, 0.15) is 23.2 Å². The molecule has 2 rings (SSSR count). The topological polar surface area (TPSA) is 92.7 Å². The van der Waals surface area contributed by atoms with Crippen molar-refractivity contribution in [2.45, 2.75) is 33.4 Å². The largest absolute Gasteiger partial charge is 0.352 e. The highest BCUT2D eigenvalue weighted by Crippen LogP contribution is 2.03. The van der Waals surface area contributed by atoms with Crippen molar-refractivity contribution in [1.82, 2.24) is 25.1 Å². The predicted octanol–water partition coefficient (Wildman–Crippen LogP) is 0.290. The Morgan fingerprint density at radius 1 is 1.45 bits per heavy atom. The van der Waals surface area contributed by atoms with Crippen LogP contribution in [0.3, 0.4) is 0 Å². The summed E-state index contributed by atoms with van der Waals surface area (Å²) in [5.74, 6) is -0.125. The van der Waals surface area contributed by atoms with E-state index in [2.05, 4.69) is 20.4 Å². The van der Waals surface area contributed by atoms with Crippen molar-refractivity contribution in [3.8, 4) is 0 Å². The summed E-state index contributed by atoms with van der Waals surface area (Å²) in [6, 6.07) is 1.89. The molecule has 7 heteroatoms. The standard InChI is InChI=1S/C13H17N5O2/c1-9-5-10(2)17-13(20)11(9)6-15-12(19)3-4-18-8-14-7-16-18/h5,7-8H,3-4,6H2,1-2H3,(H,15,19)(H,17,20). The van der Waals surface area contributed by atoms with Gasteiger partial charge in [0.15, 0.2) is 0 Å². The summed E-state index contributed by atoms with van der Waals surface area (Å²) in [4.78, 5) is 30.0. The number of rotatable bonds is 5. The highest BCUT2D eigenvalue weighted by molar-refractivity contribution is 5.75. The number of hydrogen-bond acceptors (Lipinski definition) is 4. The molecular formula is C13H17N5O2. The third-order valence-corrected chi connectivity index (χ3v) is 2.99. The molecule has 2 heterocycles. The van der Waals surface area contributed by atoms with Gasteiger partial charge in [-0.25, -0.2) is 4.98 Å². The van der Waals surface area contributed by atoms with Gasteiger partial charge in [-0.1, -0.05) is 0 Å². The number of nitrogens with one attached hydrogen (secondary N) is 2. The van der Waals surface area contributed by atoms with Gasteiger partial charge >= 0.3 is 0 Å². The fourth-order valence-electron chi connectivity index (χ4n) is 1.94. The predicted molar refractivity (Wildman–Crippen MR) is 73.0 cm³/mol. The van der Waals surface area contributed by atoms with Crippen LogP contribution < -0.4 is 10.9 Å². The zero-order valence-electron chi connectivity index (χ0n) is 11.5. The summed E-state index contributed by atoms with van der Waals surface area (Å²) in [7, 11) is 0. The van der Waals surface area contributed by atoms with Gasteiger partial charge in [0, 0.05) is 24.2 Å². The average molecular weight is 275 g/mol. The van der Waals surface area contributed by atoms with Gasteiger partial charge in [-0.2, -0.15) is 5.10 Å². The third-order valence-electron chi connectivity index (χ3n) is 2.99. The lowest BCUT2D eigenvalue weighted by atomic mass is 10.1. The number of hydrogen-bond donors (Lipinski definition) is 2. The summed E-state index contributed by atoms with van der Waals surface area (Å²) < 4.78 is 1.59. The molecule has 0 fully saturated rings. The van der Waals surface area contributed by atoms with Crippen molar-refractivity contribution in [2.24, 2.45) is 0 Å². The molecule has 0 aromatic carbocycles. The normalized spacial score (nSPS) is 10.5. The van der Waals surface area contributed by atoms with Crippen molar-refractivity contribution < 1.29 is 4.79 Å². The van der Waals surface area contributed by atoms with Gasteiger partial charge in [0.25, 0.3) is 5.56 Å². The van der Waals surface area contributed by atoms with Gasteiger partial charge in [-0.3, -0.25) is 14.3 Å². The molecule has 0 atom stereocenters. The molecule has 2 aromatic heterocycles. The van der Waals surface area contributed by atoms with Crippen LogP contribution in [-0.2, 0) is 17.9 Å². The van der Waals surface area contributed by atoms with E-state index in [-0.39, 0.29) is 18.0 Å². The number of aryl methyl sites for hydroxylation is 3. The van der Waals surface area contributed by atoms with E-state index in [9.17, 15) is 9.59 Å². The SMILES string of the molecule is Cc1cc(C)c(CNC(=O)CCn2cncn2)c(=O)[nH]1. The molecule has 20 heavy (non-hydrogen) atoms. The highest BCUT2D eigenvalue weighted by atomic mass is 16.1. The number of amides is 1. The number of pyridine rings is 1. The molecule has 0 aliphatic carbocycles. The Morgan fingerprint density at radius 2 is 2.25 bits per heavy atom. The van der Waals surface area contributed by atoms with E-state index in [0.717, 1.165) is 11.3 Å². The third kappa shape index (κ3) is 3.53. The molecule has 7 nitrogen and oxygen atoms in total. The molecule has 0 aliphatic heterocycles. The first kappa shape index (κ1) is 14.0. The monoisotopic (exact) mass is 275 g/mol. The maximum Gasteiger partial charge on any atom is 0.253 e. The molecule has 0 spiro atoms. The van der Waals surface area contributed by atoms with E-state index < -0.39 is 0 Å². The van der Waals surface area contributed by atoms with Gasteiger partial charge in [-0.05, 0) is 25.5 Å². The van der Waals surface area contributed by atoms with E-state index in [0.29, 0.717) is 18.5 Å². The molecule has 2 N–H and O–H groups in total. The van der Waals surface area contributed by atoms with Gasteiger partial charge in [0.2, 0.25) is 5.91 Å². The fraction of sp³-hybridized carbons (Fsp3) is 0.385. The summed E-state index contributed by atoms with van der Waals surface area (Å²) in [5, 5.41) is 6.66. The van der Waals surface area contributed by atoms with Gasteiger partial charge in [-0.15, -0.1) is 0 Å². The number of carbonyl (C=O) groups is 1. The van der Waals surface area contributed by atoms with E-state index in [1.54, 1.807) is 11.0 Å². The Hall–Kier alpha value is -2.44. The lowest BCUT2D eigenvalue weighted by Crippen LogP contribution is -2.28. The maximum absolute atomic E-state index is 11.8. The van der Waals surface area contributed by atoms with E-state index in [1.165, 1.54) is 6.33 Å². The van der Waals surface area contributed by atoms with Gasteiger partial charge in [0.1, 0.15) is 12.7 Å². The Bertz CT molecular complexity index is 645. The minimum absolute atomic E-state index is 0.125. The van der Waals surface area contributed by atoms with Crippen LogP contribution in [-0.4, -0.2) is 25.7 Å². The molecular weight excluding hydrogens is 258 g/mol. The van der Waals surface area contributed by atoms with Crippen LogP contribution in [0.15, 0.2) is 23.5 Å². The van der Waals surface area contributed by atoms with Crippen molar-refractivity contribution >= 4 is 5.91 Å². The van der Waals surface area contributed by atoms with Crippen molar-refractivity contribution in [2.75, 3.05) is 0 Å². The molecule has 2 aromatic rings. The first-order valence-electron chi connectivity index (χ1n) is 6.35. The quantitative estimate of drug-likeness (QED) is 0.820. The number of aromatic nitrogens is 4. The summed E-state index contributed by atoms with van der Waals surface area (Å²) in [6.45, 7) is 4.39. The first-order chi connectivity index (χ1) is 9.56. The zero-order chi connectivity index (χ0) is 14.5. The minimum Gasteiger partial charge on any atom is -0.352 e. The highest BCUT2D eigenvalue weighted by Gasteiger charge is 2.07. The van der Waals surface area contributed by atoms with Crippen molar-refractivity contribution in [3.05, 3.63) is 45.9 Å². The first-order valence-corrected chi connectivity index (χ1v) is 6.35. The number of nitrogens with zero attached hydrogens (tertiary/aromatic N) is 3. The molecule has 0 saturated heterocycles. The Labute approximate surface area is 116 Å². The van der Waals surface area contributed by atoms with E-state index in [1.807, 2.05) is 19.9 Å². The van der Waals surface area contributed by atoms with Crippen LogP contribution in [0.25, 0.3) is 0 Å². The van der Waals surface area contributed by atoms with Crippen LogP contribution in [0.5, 0.6) is 0 Å². The Kier molecular flexibility index (Phi) is 4.29. The minimum atomic E-state index is -0.154. The van der Waals surface area contributed by atoms with Crippen LogP contribution in [0, 0.1) is 13.8 Å². The molecule has 1 amide bonds. The van der Waals surface area contributed by atoms with E-state index >= 15 is 0 Å². The maximum atomic E-state index is 11.8. The van der Waals surface area contributed by atoms with E-state index in [4.69, 9.17) is 0 Å². The number of aromatic amines is 1. The second-order valence-corrected chi connectivity index (χ2v) is 4.63. The van der Waals surface area contributed by atoms with Crippen molar-refractivity contribution in [1.29, 1.82) is 0 Å². The second-order valence-electron chi connectivity index (χ2n) is 4.63. The fourth-order valence-corrected chi connectivity index (χ4v) is 1.94. The second kappa shape index (κ2) is 6.14. The van der Waals surface area contributed by atoms with Crippen LogP contribution in [0.4, 0.5) is 0 Å². The van der Waals surface area contributed by atoms with Crippen LogP contribution >= 0.6 is 0 Å². The number of carbonyl (C=O) groups excluding carboxylic acids is 1. The summed E-state index contributed by atoms with van der Waals surface area (Å²) in [5.41, 5.74) is 2.13. The smallest absolute Gasteiger partial charge is 0.253 e.